The Kier molecular flexibility index (Phi) is 4.19. The van der Waals surface area contributed by atoms with Gasteiger partial charge in [-0.1, -0.05) is 6.07 Å². The second kappa shape index (κ2) is 6.09. The Morgan fingerprint density at radius 3 is 2.95 bits per heavy atom. The second-order valence-electron chi connectivity index (χ2n) is 5.82. The third-order valence-corrected chi connectivity index (χ3v) is 4.36. The van der Waals surface area contributed by atoms with E-state index in [1.54, 1.807) is 6.07 Å². The number of fused-ring (bicyclic) bond motifs is 1. The van der Waals surface area contributed by atoms with E-state index in [0.29, 0.717) is 24.7 Å². The Morgan fingerprint density at radius 1 is 1.24 bits per heavy atom. The molecule has 2 atom stereocenters. The predicted octanol–water partition coefficient (Wildman–Crippen LogP) is 0.756. The van der Waals surface area contributed by atoms with Gasteiger partial charge in [-0.3, -0.25) is 4.90 Å². The molecule has 2 heterocycles. The lowest BCUT2D eigenvalue weighted by Gasteiger charge is -2.35. The molecule has 2 fully saturated rings. The number of phenols is 3. The zero-order chi connectivity index (χ0) is 14.8. The van der Waals surface area contributed by atoms with Crippen LogP contribution in [0.4, 0.5) is 0 Å². The van der Waals surface area contributed by atoms with Gasteiger partial charge in [-0.05, 0) is 25.5 Å². The number of ether oxygens (including phenoxy) is 1. The van der Waals surface area contributed by atoms with Crippen LogP contribution in [0, 0.1) is 0 Å². The van der Waals surface area contributed by atoms with Crippen LogP contribution in [0.25, 0.3) is 0 Å². The van der Waals surface area contributed by atoms with E-state index in [1.807, 2.05) is 0 Å². The normalized spacial score (nSPS) is 25.9. The third kappa shape index (κ3) is 3.07. The zero-order valence-corrected chi connectivity index (χ0v) is 12.0. The number of rotatable bonds is 4. The molecular formula is C15H22N2O4. The smallest absolute Gasteiger partial charge is 0.200 e. The van der Waals surface area contributed by atoms with Gasteiger partial charge in [0.15, 0.2) is 11.5 Å². The first kappa shape index (κ1) is 14.4. The van der Waals surface area contributed by atoms with Crippen molar-refractivity contribution in [2.24, 2.45) is 0 Å². The Morgan fingerprint density at radius 2 is 2.10 bits per heavy atom. The highest BCUT2D eigenvalue weighted by Crippen LogP contribution is 2.36. The summed E-state index contributed by atoms with van der Waals surface area (Å²) in [6.45, 7) is 4.03. The molecule has 0 amide bonds. The molecule has 1 aromatic carbocycles. The van der Waals surface area contributed by atoms with Crippen molar-refractivity contribution >= 4 is 0 Å². The molecule has 6 nitrogen and oxygen atoms in total. The van der Waals surface area contributed by atoms with Crippen molar-refractivity contribution in [3.8, 4) is 17.2 Å². The average Bonchev–Trinajstić information content (AvgIpc) is 2.95. The lowest BCUT2D eigenvalue weighted by Crippen LogP contribution is -2.49. The summed E-state index contributed by atoms with van der Waals surface area (Å²) in [4.78, 5) is 2.49. The van der Waals surface area contributed by atoms with Crippen molar-refractivity contribution in [1.29, 1.82) is 0 Å². The summed E-state index contributed by atoms with van der Waals surface area (Å²) in [5.41, 5.74) is 0.556. The van der Waals surface area contributed by atoms with Gasteiger partial charge in [-0.15, -0.1) is 0 Å². The molecule has 6 heteroatoms. The predicted molar refractivity (Wildman–Crippen MR) is 77.5 cm³/mol. The molecule has 3 rings (SSSR count). The number of phenolic OH excluding ortho intramolecular Hbond substituents is 3. The first-order valence-corrected chi connectivity index (χ1v) is 7.44. The molecule has 0 saturated carbocycles. The van der Waals surface area contributed by atoms with Gasteiger partial charge in [-0.25, -0.2) is 0 Å². The Hall–Kier alpha value is -1.50. The molecule has 21 heavy (non-hydrogen) atoms. The molecule has 2 aliphatic rings. The number of benzene rings is 1. The molecule has 2 saturated heterocycles. The summed E-state index contributed by atoms with van der Waals surface area (Å²) in [5, 5.41) is 31.7. The lowest BCUT2D eigenvalue weighted by atomic mass is 10.1. The number of hydrogen-bond donors (Lipinski definition) is 4. The van der Waals surface area contributed by atoms with Crippen molar-refractivity contribution in [3.63, 3.8) is 0 Å². The van der Waals surface area contributed by atoms with Crippen LogP contribution in [0.1, 0.15) is 18.4 Å². The van der Waals surface area contributed by atoms with Gasteiger partial charge >= 0.3 is 0 Å². The van der Waals surface area contributed by atoms with Gasteiger partial charge in [0.05, 0.1) is 12.7 Å². The molecule has 1 aromatic rings. The van der Waals surface area contributed by atoms with E-state index < -0.39 is 5.75 Å². The van der Waals surface area contributed by atoms with Crippen LogP contribution in [-0.2, 0) is 11.3 Å². The molecule has 0 bridgehead atoms. The summed E-state index contributed by atoms with van der Waals surface area (Å²) in [5.74, 6) is -1.05. The maximum atomic E-state index is 9.75. The number of morpholine rings is 1. The van der Waals surface area contributed by atoms with E-state index >= 15 is 0 Å². The Labute approximate surface area is 124 Å². The minimum atomic E-state index is -0.469. The minimum absolute atomic E-state index is 0.159. The van der Waals surface area contributed by atoms with E-state index in [9.17, 15) is 15.3 Å². The van der Waals surface area contributed by atoms with Crippen LogP contribution in [0.5, 0.6) is 17.2 Å². The highest BCUT2D eigenvalue weighted by Gasteiger charge is 2.31. The van der Waals surface area contributed by atoms with Crippen LogP contribution in [0.2, 0.25) is 0 Å². The first-order valence-electron chi connectivity index (χ1n) is 7.44. The summed E-state index contributed by atoms with van der Waals surface area (Å²) in [6, 6.07) is 3.56. The van der Waals surface area contributed by atoms with Crippen molar-refractivity contribution in [2.45, 2.75) is 31.5 Å². The number of nitrogens with zero attached hydrogens (tertiary/aromatic N) is 1. The van der Waals surface area contributed by atoms with Crippen molar-refractivity contribution in [3.05, 3.63) is 17.7 Å². The van der Waals surface area contributed by atoms with Gasteiger partial charge in [-0.2, -0.15) is 0 Å². The fourth-order valence-corrected chi connectivity index (χ4v) is 3.13. The Bertz CT molecular complexity index is 509. The molecule has 2 aliphatic heterocycles. The van der Waals surface area contributed by atoms with E-state index in [2.05, 4.69) is 10.2 Å². The number of nitrogens with one attached hydrogen (secondary N) is 1. The van der Waals surface area contributed by atoms with Crippen LogP contribution in [-0.4, -0.2) is 58.6 Å². The van der Waals surface area contributed by atoms with E-state index in [1.165, 1.54) is 18.9 Å². The molecule has 0 spiro atoms. The fourth-order valence-electron chi connectivity index (χ4n) is 3.13. The highest BCUT2D eigenvalue weighted by atomic mass is 16.5. The standard InChI is InChI=1S/C15H22N2O4/c18-13-4-3-10(14(19)15(13)20)6-16-7-12-8-17-5-1-2-11(17)9-21-12/h3-4,11-12,16,18-20H,1-2,5-9H2. The van der Waals surface area contributed by atoms with E-state index in [4.69, 9.17) is 4.74 Å². The van der Waals surface area contributed by atoms with Gasteiger partial charge < -0.3 is 25.4 Å². The number of hydrogen-bond acceptors (Lipinski definition) is 6. The largest absolute Gasteiger partial charge is 0.504 e. The van der Waals surface area contributed by atoms with Crippen molar-refractivity contribution < 1.29 is 20.1 Å². The topological polar surface area (TPSA) is 85.2 Å². The fraction of sp³-hybridized carbons (Fsp3) is 0.600. The van der Waals surface area contributed by atoms with Gasteiger partial charge in [0, 0.05) is 31.2 Å². The van der Waals surface area contributed by atoms with Crippen LogP contribution in [0.3, 0.4) is 0 Å². The Balaban J connectivity index is 1.49. The lowest BCUT2D eigenvalue weighted by molar-refractivity contribution is -0.0470. The zero-order valence-electron chi connectivity index (χ0n) is 12.0. The molecular weight excluding hydrogens is 272 g/mol. The molecule has 4 N–H and O–H groups in total. The monoisotopic (exact) mass is 294 g/mol. The van der Waals surface area contributed by atoms with Crippen LogP contribution in [0.15, 0.2) is 12.1 Å². The molecule has 0 radical (unpaired) electrons. The van der Waals surface area contributed by atoms with E-state index in [0.717, 1.165) is 19.7 Å². The minimum Gasteiger partial charge on any atom is -0.504 e. The van der Waals surface area contributed by atoms with Crippen LogP contribution < -0.4 is 5.32 Å². The van der Waals surface area contributed by atoms with Gasteiger partial charge in [0.2, 0.25) is 5.75 Å². The second-order valence-corrected chi connectivity index (χ2v) is 5.82. The van der Waals surface area contributed by atoms with Crippen molar-refractivity contribution in [2.75, 3.05) is 26.2 Å². The molecule has 116 valence electrons. The maximum absolute atomic E-state index is 9.75. The first-order chi connectivity index (χ1) is 10.1. The summed E-state index contributed by atoms with van der Waals surface area (Å²) >= 11 is 0. The molecule has 2 unspecified atom stereocenters. The molecule has 0 aromatic heterocycles. The summed E-state index contributed by atoms with van der Waals surface area (Å²) < 4.78 is 5.85. The van der Waals surface area contributed by atoms with E-state index in [-0.39, 0.29) is 17.6 Å². The molecule has 0 aliphatic carbocycles. The van der Waals surface area contributed by atoms with Gasteiger partial charge in [0.25, 0.3) is 0 Å². The van der Waals surface area contributed by atoms with Crippen LogP contribution >= 0.6 is 0 Å². The average molecular weight is 294 g/mol. The quantitative estimate of drug-likeness (QED) is 0.613. The SMILES string of the molecule is Oc1ccc(CNCC2CN3CCCC3CO2)c(O)c1O. The maximum Gasteiger partial charge on any atom is 0.200 e. The highest BCUT2D eigenvalue weighted by molar-refractivity contribution is 5.52. The van der Waals surface area contributed by atoms with Crippen molar-refractivity contribution in [1.82, 2.24) is 10.2 Å². The van der Waals surface area contributed by atoms with Gasteiger partial charge in [0.1, 0.15) is 0 Å². The third-order valence-electron chi connectivity index (χ3n) is 4.36. The number of aromatic hydroxyl groups is 3. The summed E-state index contributed by atoms with van der Waals surface area (Å²) in [7, 11) is 0. The summed E-state index contributed by atoms with van der Waals surface area (Å²) in [6.07, 6.45) is 2.66.